The Labute approximate surface area is 261 Å². The van der Waals surface area contributed by atoms with E-state index >= 15 is 0 Å². The minimum absolute atomic E-state index is 0. The fourth-order valence-electron chi connectivity index (χ4n) is 4.08. The third-order valence-electron chi connectivity index (χ3n) is 6.82. The number of quaternary nitrogens is 1. The summed E-state index contributed by atoms with van der Waals surface area (Å²) in [6, 6.07) is 3.25. The first-order valence-corrected chi connectivity index (χ1v) is 14.2. The highest BCUT2D eigenvalue weighted by Gasteiger charge is 2.93. The zero-order chi connectivity index (χ0) is 34.8. The lowest BCUT2D eigenvalue weighted by molar-refractivity contribution is -1.27. The molecule has 0 aromatic heterocycles. The molecule has 0 heterocycles. The van der Waals surface area contributed by atoms with Gasteiger partial charge in [0.2, 0.25) is 0 Å². The van der Waals surface area contributed by atoms with E-state index < -0.39 is 61.3 Å². The summed E-state index contributed by atoms with van der Waals surface area (Å²) in [5, 5.41) is -7.47. The van der Waals surface area contributed by atoms with Gasteiger partial charge in [-0.1, -0.05) is 19.8 Å². The predicted octanol–water partition coefficient (Wildman–Crippen LogP) is 5.24. The Morgan fingerprint density at radius 1 is 0.689 bits per heavy atom. The van der Waals surface area contributed by atoms with Crippen molar-refractivity contribution in [1.82, 2.24) is 0 Å². The molecule has 0 aliphatic heterocycles. The number of nitrogens with zero attached hydrogens (tertiary/aromatic N) is 1. The van der Waals surface area contributed by atoms with Crippen LogP contribution in [0, 0.1) is 0 Å². The first-order valence-electron chi connectivity index (χ1n) is 12.8. The molecule has 1 atom stereocenters. The van der Waals surface area contributed by atoms with Crippen LogP contribution >= 0.6 is 0 Å². The molecule has 266 valence electrons. The Bertz CT molecular complexity index is 1210. The zero-order valence-corrected chi connectivity index (χ0v) is 26.6. The number of rotatable bonds is 17. The van der Waals surface area contributed by atoms with Crippen LogP contribution in [0.5, 0.6) is 5.75 Å². The van der Waals surface area contributed by atoms with E-state index in [-0.39, 0.29) is 35.8 Å². The second kappa shape index (κ2) is 14.3. The number of hydrogen-bond donors (Lipinski definition) is 0. The van der Waals surface area contributed by atoms with Crippen LogP contribution in [0.15, 0.2) is 24.3 Å². The van der Waals surface area contributed by atoms with Crippen LogP contribution < -0.4 is 21.2 Å². The highest BCUT2D eigenvalue weighted by atomic mass is 79.9. The summed E-state index contributed by atoms with van der Waals surface area (Å²) >= 11 is 0. The molecular weight excluding hydrogens is 741 g/mol. The van der Waals surface area contributed by atoms with Crippen molar-refractivity contribution in [2.24, 2.45) is 0 Å². The number of alkyl halides is 13. The zero-order valence-electron chi connectivity index (χ0n) is 24.2. The van der Waals surface area contributed by atoms with Crippen molar-refractivity contribution in [1.29, 1.82) is 0 Å². The van der Waals surface area contributed by atoms with Crippen molar-refractivity contribution in [2.75, 3.05) is 20.3 Å². The van der Waals surface area contributed by atoms with Gasteiger partial charge in [0.15, 0.2) is 5.54 Å². The van der Waals surface area contributed by atoms with Gasteiger partial charge in [-0.15, -0.1) is 0 Å². The Morgan fingerprint density at radius 2 is 1.11 bits per heavy atom. The van der Waals surface area contributed by atoms with Crippen molar-refractivity contribution in [3.63, 3.8) is 0 Å². The van der Waals surface area contributed by atoms with Gasteiger partial charge >= 0.3 is 45.2 Å². The van der Waals surface area contributed by atoms with Gasteiger partial charge in [0.25, 0.3) is 0 Å². The summed E-state index contributed by atoms with van der Waals surface area (Å²) < 4.78 is 202. The monoisotopic (exact) mass is 771 g/mol. The first-order chi connectivity index (χ1) is 19.6. The molecule has 1 aromatic carbocycles. The van der Waals surface area contributed by atoms with Crippen LogP contribution in [0.3, 0.4) is 0 Å². The van der Waals surface area contributed by atoms with E-state index in [1.165, 1.54) is 7.05 Å². The van der Waals surface area contributed by atoms with Gasteiger partial charge < -0.3 is 21.2 Å². The average molecular weight is 772 g/mol. The van der Waals surface area contributed by atoms with E-state index in [0.29, 0.717) is 25.0 Å². The maximum atomic E-state index is 14.3. The Balaban J connectivity index is 0.0000194. The molecule has 0 amide bonds. The molecule has 0 aliphatic carbocycles. The largest absolute Gasteiger partial charge is 1.00 e. The molecule has 0 saturated carbocycles. The average Bonchev–Trinajstić information content (AvgIpc) is 2.87. The first kappa shape index (κ1) is 43.4. The molecule has 0 bridgehead atoms. The fourth-order valence-corrected chi connectivity index (χ4v) is 4.99. The maximum absolute atomic E-state index is 14.3. The third kappa shape index (κ3) is 7.45. The van der Waals surface area contributed by atoms with Gasteiger partial charge in [0.05, 0.1) is 0 Å². The van der Waals surface area contributed by atoms with Crippen molar-refractivity contribution < 1.29 is 101 Å². The smallest absolute Gasteiger partial charge is 0.460 e. The normalized spacial score (nSPS) is 15.8. The van der Waals surface area contributed by atoms with Crippen LogP contribution in [0.25, 0.3) is 0 Å². The SMILES string of the molecule is CCCCCC(C)(c1ccc(OS(=O)(=O)C(F)(F)C(F)(F)C(F)(F)C(F)(F)C(F)(F)C(F)(F)F)cc1)[N+](C)(OCC)OCC.[Br-]. The van der Waals surface area contributed by atoms with Crippen LogP contribution in [0.2, 0.25) is 0 Å². The molecular formula is C24H31BrF13NO5S. The molecule has 21 heteroatoms. The van der Waals surface area contributed by atoms with Crippen LogP contribution in [0.4, 0.5) is 57.1 Å². The van der Waals surface area contributed by atoms with Crippen molar-refractivity contribution >= 4 is 10.1 Å². The van der Waals surface area contributed by atoms with Crippen LogP contribution in [0.1, 0.15) is 58.9 Å². The number of hydroxylamine groups is 4. The van der Waals surface area contributed by atoms with Crippen molar-refractivity contribution in [2.45, 2.75) is 94.0 Å². The Hall–Kier alpha value is -1.58. The standard InChI is InChI=1S/C24H31F13NO5S.BrH/c1-6-9-10-15-18(4,38(5,41-7-2)42-8-3)16-11-13-17(14-12-16)43-44(39,40)24(36,37)22(31,32)20(27,28)19(25,26)21(29,30)23(33,34)35;/h11-14H,6-10,15H2,1-5H3;1H/q+1;/p-1. The summed E-state index contributed by atoms with van der Waals surface area (Å²) in [7, 11) is -5.96. The van der Waals surface area contributed by atoms with Gasteiger partial charge in [-0.25, -0.2) is 0 Å². The van der Waals surface area contributed by atoms with Gasteiger partial charge in [-0.2, -0.15) is 75.2 Å². The molecule has 45 heavy (non-hydrogen) atoms. The lowest BCUT2D eigenvalue weighted by Gasteiger charge is -2.43. The number of halogens is 14. The van der Waals surface area contributed by atoms with Gasteiger partial charge in [0, 0.05) is 18.9 Å². The number of unbranched alkanes of at least 4 members (excludes halogenated alkanes) is 2. The summed E-state index contributed by atoms with van der Waals surface area (Å²) in [5.41, 5.74) is -0.854. The predicted molar refractivity (Wildman–Crippen MR) is 128 cm³/mol. The second-order valence-electron chi connectivity index (χ2n) is 9.79. The molecule has 1 rings (SSSR count). The van der Waals surface area contributed by atoms with Gasteiger partial charge in [0.1, 0.15) is 26.0 Å². The summed E-state index contributed by atoms with van der Waals surface area (Å²) in [4.78, 5) is 11.0. The lowest BCUT2D eigenvalue weighted by Crippen LogP contribution is -3.00. The van der Waals surface area contributed by atoms with E-state index in [4.69, 9.17) is 9.68 Å². The summed E-state index contributed by atoms with van der Waals surface area (Å²) in [6.45, 7) is 7.09. The van der Waals surface area contributed by atoms with Crippen molar-refractivity contribution in [3.05, 3.63) is 29.8 Å². The van der Waals surface area contributed by atoms with E-state index in [1.807, 2.05) is 6.92 Å². The molecule has 0 aliphatic rings. The number of benzene rings is 1. The second-order valence-corrected chi connectivity index (χ2v) is 11.4. The Kier molecular flexibility index (Phi) is 13.8. The van der Waals surface area contributed by atoms with E-state index in [2.05, 4.69) is 4.18 Å². The summed E-state index contributed by atoms with van der Waals surface area (Å²) in [5.74, 6) is -33.9. The van der Waals surface area contributed by atoms with Gasteiger partial charge in [-0.3, -0.25) is 0 Å². The highest BCUT2D eigenvalue weighted by molar-refractivity contribution is 7.88. The molecule has 0 fully saturated rings. The minimum Gasteiger partial charge on any atom is -1.00 e. The Morgan fingerprint density at radius 3 is 1.49 bits per heavy atom. The number of hydrogen-bond acceptors (Lipinski definition) is 5. The van der Waals surface area contributed by atoms with Crippen molar-refractivity contribution in [3.8, 4) is 5.75 Å². The highest BCUT2D eigenvalue weighted by Crippen LogP contribution is 2.61. The van der Waals surface area contributed by atoms with E-state index in [0.717, 1.165) is 25.0 Å². The van der Waals surface area contributed by atoms with E-state index in [9.17, 15) is 65.5 Å². The molecule has 1 unspecified atom stereocenters. The quantitative estimate of drug-likeness (QED) is 0.0714. The lowest BCUT2D eigenvalue weighted by atomic mass is 9.86. The van der Waals surface area contributed by atoms with Gasteiger partial charge in [-0.05, 0) is 49.3 Å². The molecule has 1 aromatic rings. The maximum Gasteiger partial charge on any atom is 0.460 e. The van der Waals surface area contributed by atoms with Crippen LogP contribution in [-0.4, -0.2) is 68.6 Å². The third-order valence-corrected chi connectivity index (χ3v) is 8.11. The molecule has 6 nitrogen and oxygen atoms in total. The van der Waals surface area contributed by atoms with Crippen LogP contribution in [-0.2, 0) is 25.3 Å². The fraction of sp³-hybridized carbons (Fsp3) is 0.750. The molecule has 0 spiro atoms. The molecule has 0 saturated heterocycles. The minimum atomic E-state index is -8.29. The van der Waals surface area contributed by atoms with E-state index in [1.54, 1.807) is 20.8 Å². The molecule has 0 radical (unpaired) electrons. The topological polar surface area (TPSA) is 61.8 Å². The molecule has 0 N–H and O–H groups in total. The summed E-state index contributed by atoms with van der Waals surface area (Å²) in [6.07, 6.45) is -5.19.